The number of pyridine rings is 1. The van der Waals surface area contributed by atoms with Crippen LogP contribution in [-0.2, 0) is 30.8 Å². The first-order valence-electron chi connectivity index (χ1n) is 13.9. The van der Waals surface area contributed by atoms with Crippen LogP contribution in [0.5, 0.6) is 5.75 Å². The number of carbonyl (C=O) groups is 3. The summed E-state index contributed by atoms with van der Waals surface area (Å²) in [5, 5.41) is 6.30. The number of nitrogens with zero attached hydrogens (tertiary/aromatic N) is 2. The highest BCUT2D eigenvalue weighted by atomic mass is 32.2. The standard InChI is InChI=1S/C30H36N4O8S/c1-5-40-28(36)33-24(27(35)25-19-31-16-17-34(25)29(37)41-30(2,3)4)18-20-10-13-22(14-11-20)42-43(38,39)26-15-12-21-8-6-7-9-23(21)32-26/h6-15,24-25,31H,5,16-19H2,1-4H3,(H,33,36)/t24-,25?/m0/s1. The van der Waals surface area contributed by atoms with E-state index in [1.54, 1.807) is 58.0 Å². The van der Waals surface area contributed by atoms with Crippen molar-refractivity contribution in [3.63, 3.8) is 0 Å². The number of nitrogens with one attached hydrogen (secondary N) is 2. The number of aromatic nitrogens is 1. The molecule has 1 fully saturated rings. The second-order valence-corrected chi connectivity index (χ2v) is 12.4. The van der Waals surface area contributed by atoms with Crippen LogP contribution >= 0.6 is 0 Å². The number of benzene rings is 2. The number of piperazine rings is 1. The number of amides is 2. The van der Waals surface area contributed by atoms with E-state index in [0.717, 1.165) is 5.39 Å². The first kappa shape index (κ1) is 31.7. The van der Waals surface area contributed by atoms with Crippen LogP contribution in [0.15, 0.2) is 65.7 Å². The van der Waals surface area contributed by atoms with Crippen molar-refractivity contribution in [1.82, 2.24) is 20.5 Å². The minimum Gasteiger partial charge on any atom is -0.450 e. The van der Waals surface area contributed by atoms with E-state index in [1.807, 2.05) is 12.1 Å². The number of fused-ring (bicyclic) bond motifs is 1. The van der Waals surface area contributed by atoms with Crippen molar-refractivity contribution in [2.75, 3.05) is 26.2 Å². The van der Waals surface area contributed by atoms with Gasteiger partial charge >= 0.3 is 22.3 Å². The molecule has 0 aliphatic carbocycles. The minimum atomic E-state index is -4.21. The second-order valence-electron chi connectivity index (χ2n) is 10.9. The number of Topliss-reactive ketones (excluding diaryl/α,β-unsaturated/α-hetero) is 1. The van der Waals surface area contributed by atoms with Crippen LogP contribution in [0.1, 0.15) is 33.3 Å². The van der Waals surface area contributed by atoms with E-state index in [4.69, 9.17) is 13.7 Å². The zero-order chi connectivity index (χ0) is 31.2. The SMILES string of the molecule is CCOC(=O)N[C@@H](Cc1ccc(OS(=O)(=O)c2ccc3ccccc3n2)cc1)C(=O)C1CNCCN1C(=O)OC(C)(C)C. The van der Waals surface area contributed by atoms with Crippen molar-refractivity contribution in [3.05, 3.63) is 66.2 Å². The Hall–Kier alpha value is -4.23. The van der Waals surface area contributed by atoms with E-state index in [1.165, 1.54) is 23.1 Å². The van der Waals surface area contributed by atoms with Gasteiger partial charge in [0.1, 0.15) is 17.4 Å². The lowest BCUT2D eigenvalue weighted by molar-refractivity contribution is -0.126. The highest BCUT2D eigenvalue weighted by Gasteiger charge is 2.38. The molecular weight excluding hydrogens is 576 g/mol. The maximum Gasteiger partial charge on any atom is 0.410 e. The highest BCUT2D eigenvalue weighted by Crippen LogP contribution is 2.22. The van der Waals surface area contributed by atoms with Crippen molar-refractivity contribution in [1.29, 1.82) is 0 Å². The van der Waals surface area contributed by atoms with Crippen molar-refractivity contribution in [2.45, 2.75) is 56.8 Å². The molecule has 2 heterocycles. The van der Waals surface area contributed by atoms with Crippen LogP contribution in [0, 0.1) is 0 Å². The van der Waals surface area contributed by atoms with Gasteiger partial charge in [-0.1, -0.05) is 30.3 Å². The molecule has 43 heavy (non-hydrogen) atoms. The molecule has 0 saturated carbocycles. The molecule has 1 aliphatic heterocycles. The summed E-state index contributed by atoms with van der Waals surface area (Å²) in [6.07, 6.45) is -1.34. The van der Waals surface area contributed by atoms with E-state index >= 15 is 0 Å². The van der Waals surface area contributed by atoms with E-state index in [9.17, 15) is 22.8 Å². The average Bonchev–Trinajstić information content (AvgIpc) is 2.96. The smallest absolute Gasteiger partial charge is 0.410 e. The molecule has 0 radical (unpaired) electrons. The van der Waals surface area contributed by atoms with Gasteiger partial charge in [0.05, 0.1) is 18.2 Å². The Morgan fingerprint density at radius 1 is 1.07 bits per heavy atom. The molecule has 1 aromatic heterocycles. The predicted molar refractivity (Wildman–Crippen MR) is 158 cm³/mol. The van der Waals surface area contributed by atoms with Gasteiger partial charge in [-0.2, -0.15) is 8.42 Å². The van der Waals surface area contributed by atoms with Gasteiger partial charge in [0.25, 0.3) is 0 Å². The number of hydrogen-bond donors (Lipinski definition) is 2. The van der Waals surface area contributed by atoms with Crippen molar-refractivity contribution in [3.8, 4) is 5.75 Å². The molecule has 230 valence electrons. The van der Waals surface area contributed by atoms with Gasteiger partial charge < -0.3 is 24.3 Å². The van der Waals surface area contributed by atoms with Gasteiger partial charge in [0.2, 0.25) is 0 Å². The van der Waals surface area contributed by atoms with Gasteiger partial charge in [-0.25, -0.2) is 14.6 Å². The Bertz CT molecular complexity index is 1570. The van der Waals surface area contributed by atoms with Gasteiger partial charge in [-0.05, 0) is 70.0 Å². The molecule has 0 spiro atoms. The summed E-state index contributed by atoms with van der Waals surface area (Å²) in [4.78, 5) is 44.6. The van der Waals surface area contributed by atoms with Gasteiger partial charge in [0, 0.05) is 25.0 Å². The molecule has 1 aliphatic rings. The highest BCUT2D eigenvalue weighted by molar-refractivity contribution is 7.87. The van der Waals surface area contributed by atoms with Crippen molar-refractivity contribution in [2.24, 2.45) is 0 Å². The fraction of sp³-hybridized carbons (Fsp3) is 0.400. The third-order valence-electron chi connectivity index (χ3n) is 6.51. The summed E-state index contributed by atoms with van der Waals surface area (Å²) < 4.78 is 41.6. The number of para-hydroxylation sites is 1. The van der Waals surface area contributed by atoms with E-state index in [2.05, 4.69) is 15.6 Å². The van der Waals surface area contributed by atoms with Crippen LogP contribution in [0.3, 0.4) is 0 Å². The molecule has 1 unspecified atom stereocenters. The number of ketones is 1. The topological polar surface area (TPSA) is 153 Å². The summed E-state index contributed by atoms with van der Waals surface area (Å²) in [6.45, 7) is 7.90. The number of hydrogen-bond acceptors (Lipinski definition) is 10. The summed E-state index contributed by atoms with van der Waals surface area (Å²) in [5.74, 6) is -0.357. The molecular formula is C30H36N4O8S. The lowest BCUT2D eigenvalue weighted by Gasteiger charge is -2.37. The van der Waals surface area contributed by atoms with Crippen LogP contribution in [0.4, 0.5) is 9.59 Å². The lowest BCUT2D eigenvalue weighted by Crippen LogP contribution is -2.61. The number of ether oxygens (including phenoxy) is 2. The summed E-state index contributed by atoms with van der Waals surface area (Å²) in [5.41, 5.74) is 0.377. The summed E-state index contributed by atoms with van der Waals surface area (Å²) >= 11 is 0. The third kappa shape index (κ3) is 8.42. The molecule has 12 nitrogen and oxygen atoms in total. The zero-order valence-corrected chi connectivity index (χ0v) is 25.3. The van der Waals surface area contributed by atoms with Crippen molar-refractivity contribution < 1.29 is 36.5 Å². The normalized spacial score (nSPS) is 16.3. The van der Waals surface area contributed by atoms with Crippen molar-refractivity contribution >= 4 is 39.0 Å². The monoisotopic (exact) mass is 612 g/mol. The van der Waals surface area contributed by atoms with Crippen LogP contribution < -0.4 is 14.8 Å². The molecule has 0 bridgehead atoms. The van der Waals surface area contributed by atoms with Crippen LogP contribution in [0.2, 0.25) is 0 Å². The number of rotatable bonds is 9. The van der Waals surface area contributed by atoms with E-state index in [-0.39, 0.29) is 36.9 Å². The predicted octanol–water partition coefficient (Wildman–Crippen LogP) is 3.44. The molecule has 3 aromatic rings. The molecule has 13 heteroatoms. The van der Waals surface area contributed by atoms with Crippen LogP contribution in [-0.4, -0.2) is 80.2 Å². The fourth-order valence-corrected chi connectivity index (χ4v) is 5.44. The molecule has 2 aromatic carbocycles. The van der Waals surface area contributed by atoms with Gasteiger partial charge in [-0.3, -0.25) is 9.69 Å². The van der Waals surface area contributed by atoms with Crippen LogP contribution in [0.25, 0.3) is 10.9 Å². The molecule has 2 amide bonds. The molecule has 2 atom stereocenters. The molecule has 1 saturated heterocycles. The molecule has 4 rings (SSSR count). The summed E-state index contributed by atoms with van der Waals surface area (Å²) in [7, 11) is -4.21. The Labute approximate surface area is 250 Å². The third-order valence-corrected chi connectivity index (χ3v) is 7.66. The lowest BCUT2D eigenvalue weighted by atomic mass is 9.96. The number of carbonyl (C=O) groups excluding carboxylic acids is 3. The Morgan fingerprint density at radius 2 is 1.79 bits per heavy atom. The summed E-state index contributed by atoms with van der Waals surface area (Å²) in [6, 6.07) is 14.3. The Morgan fingerprint density at radius 3 is 2.49 bits per heavy atom. The Kier molecular flexibility index (Phi) is 9.87. The van der Waals surface area contributed by atoms with Gasteiger partial charge in [-0.15, -0.1) is 0 Å². The average molecular weight is 613 g/mol. The second kappa shape index (κ2) is 13.4. The molecule has 2 N–H and O–H groups in total. The zero-order valence-electron chi connectivity index (χ0n) is 24.5. The quantitative estimate of drug-likeness (QED) is 0.344. The first-order valence-corrected chi connectivity index (χ1v) is 15.3. The minimum absolute atomic E-state index is 0.0486. The number of alkyl carbamates (subject to hydrolysis) is 1. The van der Waals surface area contributed by atoms with E-state index in [0.29, 0.717) is 17.6 Å². The maximum absolute atomic E-state index is 13.8. The Balaban J connectivity index is 1.51. The largest absolute Gasteiger partial charge is 0.450 e. The van der Waals surface area contributed by atoms with E-state index < -0.39 is 45.8 Å². The van der Waals surface area contributed by atoms with Gasteiger partial charge in [0.15, 0.2) is 10.8 Å². The fourth-order valence-electron chi connectivity index (χ4n) is 4.54. The maximum atomic E-state index is 13.8. The first-order chi connectivity index (χ1) is 20.4.